The number of carbonyl (C=O) groups excluding carboxylic acids is 1. The first kappa shape index (κ1) is 13.8. The van der Waals surface area contributed by atoms with E-state index >= 15 is 0 Å². The molecular weight excluding hydrogens is 226 g/mol. The van der Waals surface area contributed by atoms with Crippen LogP contribution in [0.15, 0.2) is 0 Å². The number of nitrogens with zero attached hydrogens (tertiary/aromatic N) is 2. The van der Waals surface area contributed by atoms with Crippen molar-refractivity contribution in [1.82, 2.24) is 15.1 Å². The molecule has 4 heteroatoms. The highest BCUT2D eigenvalue weighted by Crippen LogP contribution is 2.17. The molecule has 0 bridgehead atoms. The molecule has 2 atom stereocenters. The molecule has 2 saturated heterocycles. The van der Waals surface area contributed by atoms with Gasteiger partial charge in [-0.3, -0.25) is 4.79 Å². The zero-order valence-corrected chi connectivity index (χ0v) is 11.8. The minimum absolute atomic E-state index is 0.365. The van der Waals surface area contributed by atoms with E-state index in [9.17, 15) is 4.79 Å². The number of likely N-dealkylation sites (N-methyl/N-ethyl adjacent to an activating group) is 1. The molecule has 104 valence electrons. The van der Waals surface area contributed by atoms with Gasteiger partial charge < -0.3 is 15.1 Å². The highest BCUT2D eigenvalue weighted by Gasteiger charge is 2.24. The molecular formula is C14H27N3O. The maximum Gasteiger partial charge on any atom is 0.222 e. The van der Waals surface area contributed by atoms with Crippen LogP contribution in [0.2, 0.25) is 0 Å². The summed E-state index contributed by atoms with van der Waals surface area (Å²) in [5.74, 6) is 1.09. The van der Waals surface area contributed by atoms with E-state index in [4.69, 9.17) is 0 Å². The van der Waals surface area contributed by atoms with Crippen molar-refractivity contribution in [3.8, 4) is 0 Å². The van der Waals surface area contributed by atoms with E-state index < -0.39 is 0 Å². The predicted octanol–water partition coefficient (Wildman–Crippen LogP) is 0.929. The Labute approximate surface area is 111 Å². The number of rotatable bonds is 3. The van der Waals surface area contributed by atoms with Crippen molar-refractivity contribution in [2.24, 2.45) is 5.92 Å². The van der Waals surface area contributed by atoms with Gasteiger partial charge in [0, 0.05) is 25.6 Å². The van der Waals surface area contributed by atoms with Gasteiger partial charge in [-0.05, 0) is 58.8 Å². The first-order chi connectivity index (χ1) is 8.66. The quantitative estimate of drug-likeness (QED) is 0.813. The first-order valence-corrected chi connectivity index (χ1v) is 7.35. The molecule has 2 fully saturated rings. The van der Waals surface area contributed by atoms with Gasteiger partial charge in [0.15, 0.2) is 0 Å². The summed E-state index contributed by atoms with van der Waals surface area (Å²) < 4.78 is 0. The molecule has 0 aromatic rings. The van der Waals surface area contributed by atoms with E-state index in [1.54, 1.807) is 0 Å². The summed E-state index contributed by atoms with van der Waals surface area (Å²) in [5, 5.41) is 3.37. The maximum absolute atomic E-state index is 12.3. The second-order valence-corrected chi connectivity index (χ2v) is 5.95. The molecule has 0 aliphatic carbocycles. The van der Waals surface area contributed by atoms with E-state index in [0.29, 0.717) is 11.9 Å². The molecule has 0 spiro atoms. The normalized spacial score (nSPS) is 30.4. The Hall–Kier alpha value is -0.610. The van der Waals surface area contributed by atoms with Crippen molar-refractivity contribution in [3.63, 3.8) is 0 Å². The van der Waals surface area contributed by atoms with Crippen LogP contribution in [0.1, 0.15) is 32.6 Å². The summed E-state index contributed by atoms with van der Waals surface area (Å²) in [6.07, 6.45) is 4.15. The molecule has 0 radical (unpaired) electrons. The average Bonchev–Trinajstić information content (AvgIpc) is 2.78. The number of amides is 1. The smallest absolute Gasteiger partial charge is 0.222 e. The third-order valence-corrected chi connectivity index (χ3v) is 4.30. The molecule has 0 aromatic heterocycles. The van der Waals surface area contributed by atoms with Gasteiger partial charge in [0.05, 0.1) is 0 Å². The second kappa shape index (κ2) is 6.53. The molecule has 2 rings (SSSR count). The molecule has 0 saturated carbocycles. The van der Waals surface area contributed by atoms with Crippen LogP contribution in [0.5, 0.6) is 0 Å². The van der Waals surface area contributed by atoms with Crippen LogP contribution in [0.25, 0.3) is 0 Å². The highest BCUT2D eigenvalue weighted by molar-refractivity contribution is 5.76. The van der Waals surface area contributed by atoms with Crippen molar-refractivity contribution in [2.75, 3.05) is 39.8 Å². The van der Waals surface area contributed by atoms with Crippen molar-refractivity contribution in [3.05, 3.63) is 0 Å². The summed E-state index contributed by atoms with van der Waals surface area (Å²) >= 11 is 0. The van der Waals surface area contributed by atoms with Crippen LogP contribution in [0, 0.1) is 5.92 Å². The van der Waals surface area contributed by atoms with Crippen molar-refractivity contribution in [1.29, 1.82) is 0 Å². The summed E-state index contributed by atoms with van der Waals surface area (Å²) in [7, 11) is 2.15. The van der Waals surface area contributed by atoms with Gasteiger partial charge in [-0.2, -0.15) is 0 Å². The van der Waals surface area contributed by atoms with Gasteiger partial charge in [0.1, 0.15) is 0 Å². The first-order valence-electron chi connectivity index (χ1n) is 7.35. The topological polar surface area (TPSA) is 35.6 Å². The third kappa shape index (κ3) is 3.69. The van der Waals surface area contributed by atoms with Gasteiger partial charge >= 0.3 is 0 Å². The second-order valence-electron chi connectivity index (χ2n) is 5.95. The van der Waals surface area contributed by atoms with Gasteiger partial charge in [-0.25, -0.2) is 0 Å². The molecule has 1 N–H and O–H groups in total. The Morgan fingerprint density at radius 2 is 2.22 bits per heavy atom. The molecule has 4 nitrogen and oxygen atoms in total. The van der Waals surface area contributed by atoms with E-state index in [1.807, 2.05) is 0 Å². The minimum Gasteiger partial charge on any atom is -0.339 e. The maximum atomic E-state index is 12.3. The van der Waals surface area contributed by atoms with Crippen molar-refractivity contribution >= 4 is 5.91 Å². The zero-order valence-electron chi connectivity index (χ0n) is 11.8. The van der Waals surface area contributed by atoms with Crippen LogP contribution < -0.4 is 5.32 Å². The lowest BCUT2D eigenvalue weighted by molar-refractivity contribution is -0.133. The molecule has 1 amide bonds. The Morgan fingerprint density at radius 1 is 1.39 bits per heavy atom. The summed E-state index contributed by atoms with van der Waals surface area (Å²) in [4.78, 5) is 16.7. The Morgan fingerprint density at radius 3 is 2.94 bits per heavy atom. The van der Waals surface area contributed by atoms with Crippen LogP contribution in [-0.2, 0) is 4.79 Å². The Balaban J connectivity index is 1.79. The van der Waals surface area contributed by atoms with Gasteiger partial charge in [0.25, 0.3) is 0 Å². The van der Waals surface area contributed by atoms with E-state index in [-0.39, 0.29) is 0 Å². The van der Waals surface area contributed by atoms with Crippen LogP contribution >= 0.6 is 0 Å². The van der Waals surface area contributed by atoms with Gasteiger partial charge in [-0.15, -0.1) is 0 Å². The molecule has 0 aromatic carbocycles. The van der Waals surface area contributed by atoms with Gasteiger partial charge in [0.2, 0.25) is 5.91 Å². The van der Waals surface area contributed by atoms with E-state index in [2.05, 4.69) is 29.1 Å². The summed E-state index contributed by atoms with van der Waals surface area (Å²) in [6.45, 7) is 7.47. The number of hydrogen-bond acceptors (Lipinski definition) is 3. The lowest BCUT2D eigenvalue weighted by Crippen LogP contribution is -2.42. The van der Waals surface area contributed by atoms with E-state index in [1.165, 1.54) is 6.42 Å². The lowest BCUT2D eigenvalue weighted by atomic mass is 10.0. The number of hydrogen-bond donors (Lipinski definition) is 1. The predicted molar refractivity (Wildman–Crippen MR) is 73.5 cm³/mol. The average molecular weight is 253 g/mol. The van der Waals surface area contributed by atoms with Crippen LogP contribution in [-0.4, -0.2) is 61.5 Å². The molecule has 2 heterocycles. The molecule has 2 aliphatic heterocycles. The number of nitrogens with one attached hydrogen (secondary N) is 1. The standard InChI is InChI=1S/C14H27N3O/c1-12-11-16(2)8-3-9-17(12)14(18)5-4-13-6-7-15-10-13/h12-13,15H,3-11H2,1-2H3. The molecule has 2 unspecified atom stereocenters. The number of carbonyl (C=O) groups is 1. The molecule has 18 heavy (non-hydrogen) atoms. The fraction of sp³-hybridized carbons (Fsp3) is 0.929. The zero-order chi connectivity index (χ0) is 13.0. The fourth-order valence-electron chi connectivity index (χ4n) is 3.17. The summed E-state index contributed by atoms with van der Waals surface area (Å²) in [6, 6.07) is 0.367. The largest absolute Gasteiger partial charge is 0.339 e. The van der Waals surface area contributed by atoms with E-state index in [0.717, 1.165) is 57.9 Å². The Bertz CT molecular complexity index is 276. The van der Waals surface area contributed by atoms with Crippen molar-refractivity contribution < 1.29 is 4.79 Å². The Kier molecular flexibility index (Phi) is 5.01. The van der Waals surface area contributed by atoms with Crippen molar-refractivity contribution in [2.45, 2.75) is 38.6 Å². The summed E-state index contributed by atoms with van der Waals surface area (Å²) in [5.41, 5.74) is 0. The monoisotopic (exact) mass is 253 g/mol. The lowest BCUT2D eigenvalue weighted by Gasteiger charge is -2.28. The SMILES string of the molecule is CC1CN(C)CCCN1C(=O)CCC1CCNC1. The highest BCUT2D eigenvalue weighted by atomic mass is 16.2. The minimum atomic E-state index is 0.365. The van der Waals surface area contributed by atoms with Gasteiger partial charge in [-0.1, -0.05) is 0 Å². The molecule has 2 aliphatic rings. The van der Waals surface area contributed by atoms with Crippen LogP contribution in [0.3, 0.4) is 0 Å². The fourth-order valence-corrected chi connectivity index (χ4v) is 3.17. The van der Waals surface area contributed by atoms with Crippen LogP contribution in [0.4, 0.5) is 0 Å². The third-order valence-electron chi connectivity index (χ3n) is 4.30.